The lowest BCUT2D eigenvalue weighted by molar-refractivity contribution is 0.0545. The molecule has 0 unspecified atom stereocenters. The number of halogens is 3. The summed E-state index contributed by atoms with van der Waals surface area (Å²) < 4.78 is 29.5. The maximum absolute atomic E-state index is 12.3. The van der Waals surface area contributed by atoms with Crippen molar-refractivity contribution in [2.75, 3.05) is 18.4 Å². The number of hydrogen-bond acceptors (Lipinski definition) is 2. The third-order valence-corrected chi connectivity index (χ3v) is 2.41. The summed E-state index contributed by atoms with van der Waals surface area (Å²) in [5.41, 5.74) is 0.652. The monoisotopic (exact) mass is 295 g/mol. The highest BCUT2D eigenvalue weighted by Gasteiger charge is 2.22. The van der Waals surface area contributed by atoms with Crippen molar-refractivity contribution in [2.45, 2.75) is 13.3 Å². The van der Waals surface area contributed by atoms with Crippen LogP contribution < -0.4 is 0 Å². The molecule has 6 heteroatoms. The van der Waals surface area contributed by atoms with Crippen molar-refractivity contribution in [3.63, 3.8) is 0 Å². The van der Waals surface area contributed by atoms with E-state index in [-0.39, 0.29) is 12.3 Å². The van der Waals surface area contributed by atoms with Gasteiger partial charge in [0.1, 0.15) is 0 Å². The summed E-state index contributed by atoms with van der Waals surface area (Å²) in [4.78, 5) is 12.9. The SMILES string of the molecule is Cc1ccoc1C(=O)N(CCBr)CC(F)F. The van der Waals surface area contributed by atoms with Crippen LogP contribution in [0.2, 0.25) is 0 Å². The molecule has 0 aromatic carbocycles. The van der Waals surface area contributed by atoms with E-state index in [1.165, 1.54) is 6.26 Å². The molecule has 0 aliphatic heterocycles. The van der Waals surface area contributed by atoms with Gasteiger partial charge in [0, 0.05) is 17.4 Å². The van der Waals surface area contributed by atoms with E-state index in [1.54, 1.807) is 13.0 Å². The predicted molar refractivity (Wildman–Crippen MR) is 59.1 cm³/mol. The molecule has 90 valence electrons. The molecular formula is C10H12BrF2NO2. The Morgan fingerprint density at radius 3 is 2.75 bits per heavy atom. The van der Waals surface area contributed by atoms with E-state index in [9.17, 15) is 13.6 Å². The number of rotatable bonds is 5. The first-order valence-corrected chi connectivity index (χ1v) is 5.86. The molecule has 0 spiro atoms. The minimum absolute atomic E-state index is 0.126. The Labute approximate surface area is 101 Å². The van der Waals surface area contributed by atoms with Gasteiger partial charge in [-0.2, -0.15) is 0 Å². The average molecular weight is 296 g/mol. The molecule has 0 aliphatic rings. The first kappa shape index (κ1) is 13.2. The summed E-state index contributed by atoms with van der Waals surface area (Å²) >= 11 is 3.12. The third kappa shape index (κ3) is 3.30. The van der Waals surface area contributed by atoms with E-state index in [2.05, 4.69) is 15.9 Å². The van der Waals surface area contributed by atoms with Crippen molar-refractivity contribution in [2.24, 2.45) is 0 Å². The van der Waals surface area contributed by atoms with E-state index >= 15 is 0 Å². The van der Waals surface area contributed by atoms with Crippen LogP contribution in [-0.4, -0.2) is 35.7 Å². The lowest BCUT2D eigenvalue weighted by atomic mass is 10.2. The molecule has 0 atom stereocenters. The minimum Gasteiger partial charge on any atom is -0.459 e. The first-order valence-electron chi connectivity index (χ1n) is 4.73. The fraction of sp³-hybridized carbons (Fsp3) is 0.500. The summed E-state index contributed by atoms with van der Waals surface area (Å²) in [6, 6.07) is 1.63. The molecule has 0 saturated carbocycles. The molecule has 0 fully saturated rings. The van der Waals surface area contributed by atoms with Gasteiger partial charge < -0.3 is 9.32 Å². The minimum atomic E-state index is -2.54. The van der Waals surface area contributed by atoms with Crippen LogP contribution in [0.5, 0.6) is 0 Å². The fourth-order valence-electron chi connectivity index (χ4n) is 1.28. The van der Waals surface area contributed by atoms with E-state index in [4.69, 9.17) is 4.42 Å². The Hall–Kier alpha value is -0.910. The zero-order valence-electron chi connectivity index (χ0n) is 8.75. The van der Waals surface area contributed by atoms with Crippen molar-refractivity contribution in [1.82, 2.24) is 4.90 Å². The van der Waals surface area contributed by atoms with Crippen LogP contribution in [0.1, 0.15) is 16.1 Å². The number of hydrogen-bond donors (Lipinski definition) is 0. The molecule has 1 aromatic heterocycles. The smallest absolute Gasteiger partial charge is 0.290 e. The number of alkyl halides is 3. The van der Waals surface area contributed by atoms with Crippen LogP contribution in [0.25, 0.3) is 0 Å². The Balaban J connectivity index is 2.78. The van der Waals surface area contributed by atoms with E-state index in [1.807, 2.05) is 0 Å². The van der Waals surface area contributed by atoms with Gasteiger partial charge >= 0.3 is 0 Å². The largest absolute Gasteiger partial charge is 0.459 e. The van der Waals surface area contributed by atoms with Crippen LogP contribution in [0.15, 0.2) is 16.7 Å². The average Bonchev–Trinajstić information content (AvgIpc) is 2.62. The van der Waals surface area contributed by atoms with Crippen LogP contribution in [-0.2, 0) is 0 Å². The summed E-state index contributed by atoms with van der Waals surface area (Å²) in [6.45, 7) is 1.35. The molecule has 1 aromatic rings. The second kappa shape index (κ2) is 5.98. The first-order chi connectivity index (χ1) is 7.56. The van der Waals surface area contributed by atoms with Gasteiger partial charge in [-0.1, -0.05) is 15.9 Å². The van der Waals surface area contributed by atoms with Gasteiger partial charge in [-0.05, 0) is 13.0 Å². The van der Waals surface area contributed by atoms with Crippen molar-refractivity contribution >= 4 is 21.8 Å². The predicted octanol–water partition coefficient (Wildman–Crippen LogP) is 2.69. The maximum Gasteiger partial charge on any atom is 0.290 e. The number of nitrogens with zero attached hydrogens (tertiary/aromatic N) is 1. The van der Waals surface area contributed by atoms with Gasteiger partial charge in [-0.15, -0.1) is 0 Å². The third-order valence-electron chi connectivity index (χ3n) is 2.06. The highest BCUT2D eigenvalue weighted by atomic mass is 79.9. The second-order valence-electron chi connectivity index (χ2n) is 3.26. The van der Waals surface area contributed by atoms with Gasteiger partial charge in [0.2, 0.25) is 0 Å². The topological polar surface area (TPSA) is 33.5 Å². The Morgan fingerprint density at radius 1 is 1.62 bits per heavy atom. The molecule has 0 saturated heterocycles. The van der Waals surface area contributed by atoms with E-state index in [0.29, 0.717) is 10.9 Å². The van der Waals surface area contributed by atoms with Gasteiger partial charge in [0.05, 0.1) is 12.8 Å². The number of furan rings is 1. The molecular weight excluding hydrogens is 284 g/mol. The molecule has 0 N–H and O–H groups in total. The summed E-state index contributed by atoms with van der Waals surface area (Å²) in [6.07, 6.45) is -1.17. The normalized spacial score (nSPS) is 10.8. The van der Waals surface area contributed by atoms with E-state index in [0.717, 1.165) is 4.90 Å². The number of amides is 1. The molecule has 16 heavy (non-hydrogen) atoms. The van der Waals surface area contributed by atoms with Crippen molar-refractivity contribution in [3.8, 4) is 0 Å². The molecule has 0 bridgehead atoms. The molecule has 3 nitrogen and oxygen atoms in total. The number of aryl methyl sites for hydroxylation is 1. The lowest BCUT2D eigenvalue weighted by Crippen LogP contribution is -2.36. The van der Waals surface area contributed by atoms with Crippen molar-refractivity contribution < 1.29 is 18.0 Å². The van der Waals surface area contributed by atoms with Gasteiger partial charge in [0.25, 0.3) is 12.3 Å². The quantitative estimate of drug-likeness (QED) is 0.783. The fourth-order valence-corrected chi connectivity index (χ4v) is 1.71. The molecule has 0 radical (unpaired) electrons. The van der Waals surface area contributed by atoms with Crippen LogP contribution in [0.4, 0.5) is 8.78 Å². The van der Waals surface area contributed by atoms with E-state index < -0.39 is 18.9 Å². The van der Waals surface area contributed by atoms with Gasteiger partial charge in [-0.25, -0.2) is 8.78 Å². The number of carbonyl (C=O) groups excluding carboxylic acids is 1. The maximum atomic E-state index is 12.3. The van der Waals surface area contributed by atoms with Gasteiger partial charge in [-0.3, -0.25) is 4.79 Å². The Morgan fingerprint density at radius 2 is 2.31 bits per heavy atom. The highest BCUT2D eigenvalue weighted by molar-refractivity contribution is 9.09. The zero-order chi connectivity index (χ0) is 12.1. The van der Waals surface area contributed by atoms with Gasteiger partial charge in [0.15, 0.2) is 5.76 Å². The Bertz CT molecular complexity index is 354. The summed E-state index contributed by atoms with van der Waals surface area (Å²) in [7, 11) is 0. The van der Waals surface area contributed by atoms with Crippen molar-refractivity contribution in [1.29, 1.82) is 0 Å². The zero-order valence-corrected chi connectivity index (χ0v) is 10.3. The molecule has 1 amide bonds. The van der Waals surface area contributed by atoms with Crippen LogP contribution in [0.3, 0.4) is 0 Å². The van der Waals surface area contributed by atoms with Crippen molar-refractivity contribution in [3.05, 3.63) is 23.7 Å². The second-order valence-corrected chi connectivity index (χ2v) is 4.06. The van der Waals surface area contributed by atoms with Crippen LogP contribution in [0, 0.1) is 6.92 Å². The molecule has 1 rings (SSSR count). The lowest BCUT2D eigenvalue weighted by Gasteiger charge is -2.20. The molecule has 0 aliphatic carbocycles. The Kier molecular flexibility index (Phi) is 4.92. The summed E-state index contributed by atoms with van der Waals surface area (Å²) in [5.74, 6) is -0.371. The summed E-state index contributed by atoms with van der Waals surface area (Å²) in [5, 5.41) is 0.450. The standard InChI is InChI=1S/C10H12BrF2NO2/c1-7-2-5-16-9(7)10(15)14(4-3-11)6-8(12)13/h2,5,8H,3-4,6H2,1H3. The highest BCUT2D eigenvalue weighted by Crippen LogP contribution is 2.13. The molecule has 1 heterocycles. The van der Waals surface area contributed by atoms with Crippen LogP contribution >= 0.6 is 15.9 Å². The number of carbonyl (C=O) groups is 1.